The molecule has 1 aromatic heterocycles. The molecule has 0 aliphatic rings. The van der Waals surface area contributed by atoms with Gasteiger partial charge in [-0.3, -0.25) is 0 Å². The van der Waals surface area contributed by atoms with Crippen LogP contribution in [0.1, 0.15) is 11.3 Å². The van der Waals surface area contributed by atoms with Gasteiger partial charge in [0, 0.05) is 18.9 Å². The standard InChI is InChI=1S/C14H13BrN4O2/c1-20-12-6-9(5-10(15)13(12)21-2)8-19-14-11(7-16)17-3-4-18-14/h3-6H,8H2,1-2H3,(H,18,19). The van der Waals surface area contributed by atoms with E-state index in [1.807, 2.05) is 18.2 Å². The number of benzene rings is 1. The summed E-state index contributed by atoms with van der Waals surface area (Å²) >= 11 is 3.44. The first-order valence-electron chi connectivity index (χ1n) is 6.05. The molecule has 0 aliphatic carbocycles. The molecule has 108 valence electrons. The molecule has 0 saturated heterocycles. The van der Waals surface area contributed by atoms with Gasteiger partial charge < -0.3 is 14.8 Å². The van der Waals surface area contributed by atoms with Crippen molar-refractivity contribution >= 4 is 21.7 Å². The van der Waals surface area contributed by atoms with E-state index in [9.17, 15) is 0 Å². The Hall–Kier alpha value is -2.33. The van der Waals surface area contributed by atoms with E-state index in [1.54, 1.807) is 14.2 Å². The first-order chi connectivity index (χ1) is 10.2. The molecular weight excluding hydrogens is 336 g/mol. The van der Waals surface area contributed by atoms with E-state index in [-0.39, 0.29) is 5.69 Å². The minimum absolute atomic E-state index is 0.261. The summed E-state index contributed by atoms with van der Waals surface area (Å²) in [7, 11) is 3.16. The number of halogens is 1. The highest BCUT2D eigenvalue weighted by atomic mass is 79.9. The van der Waals surface area contributed by atoms with Gasteiger partial charge in [-0.2, -0.15) is 5.26 Å². The Morgan fingerprint density at radius 1 is 1.24 bits per heavy atom. The number of aromatic nitrogens is 2. The van der Waals surface area contributed by atoms with Crippen LogP contribution in [-0.2, 0) is 6.54 Å². The SMILES string of the molecule is COc1cc(CNc2nccnc2C#N)cc(Br)c1OC. The van der Waals surface area contributed by atoms with Gasteiger partial charge in [-0.15, -0.1) is 0 Å². The smallest absolute Gasteiger partial charge is 0.182 e. The van der Waals surface area contributed by atoms with Crippen LogP contribution in [0.15, 0.2) is 29.0 Å². The van der Waals surface area contributed by atoms with Crippen LogP contribution >= 0.6 is 15.9 Å². The van der Waals surface area contributed by atoms with Crippen molar-refractivity contribution in [2.75, 3.05) is 19.5 Å². The van der Waals surface area contributed by atoms with E-state index in [4.69, 9.17) is 14.7 Å². The summed E-state index contributed by atoms with van der Waals surface area (Å²) in [6.45, 7) is 0.478. The Morgan fingerprint density at radius 2 is 2.00 bits per heavy atom. The maximum atomic E-state index is 8.97. The molecule has 0 aliphatic heterocycles. The third-order valence-electron chi connectivity index (χ3n) is 2.76. The van der Waals surface area contributed by atoms with Crippen molar-refractivity contribution in [3.63, 3.8) is 0 Å². The summed E-state index contributed by atoms with van der Waals surface area (Å²) in [6, 6.07) is 5.77. The predicted octanol–water partition coefficient (Wildman–Crippen LogP) is 2.74. The first kappa shape index (κ1) is 15.1. The third kappa shape index (κ3) is 3.41. The molecule has 0 saturated carbocycles. The molecule has 0 unspecified atom stereocenters. The summed E-state index contributed by atoms with van der Waals surface area (Å²) in [4.78, 5) is 8.05. The second-order valence-electron chi connectivity index (χ2n) is 4.03. The second kappa shape index (κ2) is 6.90. The summed E-state index contributed by atoms with van der Waals surface area (Å²) in [5.41, 5.74) is 1.21. The Bertz CT molecular complexity index is 685. The van der Waals surface area contributed by atoms with E-state index < -0.39 is 0 Å². The van der Waals surface area contributed by atoms with Crippen molar-refractivity contribution in [1.82, 2.24) is 9.97 Å². The fourth-order valence-electron chi connectivity index (χ4n) is 1.81. The van der Waals surface area contributed by atoms with Gasteiger partial charge in [0.1, 0.15) is 6.07 Å². The minimum Gasteiger partial charge on any atom is -0.493 e. The molecule has 7 heteroatoms. The summed E-state index contributed by atoms with van der Waals surface area (Å²) in [5, 5.41) is 12.1. The van der Waals surface area contributed by atoms with Gasteiger partial charge in [-0.1, -0.05) is 0 Å². The maximum absolute atomic E-state index is 8.97. The number of anilines is 1. The van der Waals surface area contributed by atoms with Gasteiger partial charge >= 0.3 is 0 Å². The van der Waals surface area contributed by atoms with Crippen LogP contribution in [0.2, 0.25) is 0 Å². The van der Waals surface area contributed by atoms with Crippen molar-refractivity contribution in [3.8, 4) is 17.6 Å². The molecule has 0 atom stereocenters. The normalized spacial score (nSPS) is 9.81. The molecule has 0 amide bonds. The van der Waals surface area contributed by atoms with Crippen LogP contribution in [0, 0.1) is 11.3 Å². The van der Waals surface area contributed by atoms with E-state index in [0.29, 0.717) is 23.9 Å². The van der Waals surface area contributed by atoms with Gasteiger partial charge in [0.15, 0.2) is 23.0 Å². The molecule has 6 nitrogen and oxygen atoms in total. The number of nitrogens with zero attached hydrogens (tertiary/aromatic N) is 3. The molecule has 0 radical (unpaired) electrons. The van der Waals surface area contributed by atoms with Crippen molar-refractivity contribution in [2.24, 2.45) is 0 Å². The molecule has 0 bridgehead atoms. The van der Waals surface area contributed by atoms with E-state index in [2.05, 4.69) is 31.2 Å². The van der Waals surface area contributed by atoms with Crippen LogP contribution in [0.25, 0.3) is 0 Å². The summed E-state index contributed by atoms with van der Waals surface area (Å²) < 4.78 is 11.3. The van der Waals surface area contributed by atoms with E-state index in [0.717, 1.165) is 10.0 Å². The van der Waals surface area contributed by atoms with Gasteiger partial charge in [0.05, 0.1) is 18.7 Å². The monoisotopic (exact) mass is 348 g/mol. The van der Waals surface area contributed by atoms with E-state index >= 15 is 0 Å². The number of nitriles is 1. The Labute approximate surface area is 130 Å². The highest BCUT2D eigenvalue weighted by molar-refractivity contribution is 9.10. The number of methoxy groups -OCH3 is 2. The zero-order chi connectivity index (χ0) is 15.2. The Balaban J connectivity index is 2.21. The molecule has 0 fully saturated rings. The van der Waals surface area contributed by atoms with Gasteiger partial charge in [-0.25, -0.2) is 9.97 Å². The lowest BCUT2D eigenvalue weighted by atomic mass is 10.2. The Morgan fingerprint density at radius 3 is 2.67 bits per heavy atom. The molecule has 1 heterocycles. The number of ether oxygens (including phenoxy) is 2. The highest BCUT2D eigenvalue weighted by Gasteiger charge is 2.11. The lowest BCUT2D eigenvalue weighted by Crippen LogP contribution is -2.05. The van der Waals surface area contributed by atoms with Crippen LogP contribution in [0.3, 0.4) is 0 Å². The number of nitrogens with one attached hydrogen (secondary N) is 1. The second-order valence-corrected chi connectivity index (χ2v) is 4.89. The largest absolute Gasteiger partial charge is 0.493 e. The van der Waals surface area contributed by atoms with Crippen LogP contribution in [-0.4, -0.2) is 24.2 Å². The molecule has 0 spiro atoms. The molecular formula is C14H13BrN4O2. The number of rotatable bonds is 5. The fourth-order valence-corrected chi connectivity index (χ4v) is 2.46. The van der Waals surface area contributed by atoms with Gasteiger partial charge in [0.25, 0.3) is 0 Å². The van der Waals surface area contributed by atoms with Crippen LogP contribution < -0.4 is 14.8 Å². The molecule has 1 N–H and O–H groups in total. The van der Waals surface area contributed by atoms with Crippen LogP contribution in [0.4, 0.5) is 5.82 Å². The molecule has 2 aromatic rings. The van der Waals surface area contributed by atoms with Crippen molar-refractivity contribution in [3.05, 3.63) is 40.3 Å². The predicted molar refractivity (Wildman–Crippen MR) is 81.3 cm³/mol. The maximum Gasteiger partial charge on any atom is 0.182 e. The van der Waals surface area contributed by atoms with Crippen molar-refractivity contribution in [1.29, 1.82) is 5.26 Å². The Kier molecular flexibility index (Phi) is 4.95. The molecule has 21 heavy (non-hydrogen) atoms. The van der Waals surface area contributed by atoms with Crippen molar-refractivity contribution in [2.45, 2.75) is 6.54 Å². The fraction of sp³-hybridized carbons (Fsp3) is 0.214. The number of hydrogen-bond acceptors (Lipinski definition) is 6. The summed E-state index contributed by atoms with van der Waals surface area (Å²) in [6.07, 6.45) is 3.02. The summed E-state index contributed by atoms with van der Waals surface area (Å²) in [5.74, 6) is 1.72. The van der Waals surface area contributed by atoms with Crippen LogP contribution in [0.5, 0.6) is 11.5 Å². The van der Waals surface area contributed by atoms with Gasteiger partial charge in [-0.05, 0) is 33.6 Å². The molecule has 1 aromatic carbocycles. The molecule has 2 rings (SSSR count). The zero-order valence-electron chi connectivity index (χ0n) is 11.6. The zero-order valence-corrected chi connectivity index (χ0v) is 13.1. The quantitative estimate of drug-likeness (QED) is 0.894. The average molecular weight is 349 g/mol. The topological polar surface area (TPSA) is 80.1 Å². The van der Waals surface area contributed by atoms with Gasteiger partial charge in [0.2, 0.25) is 0 Å². The number of hydrogen-bond donors (Lipinski definition) is 1. The van der Waals surface area contributed by atoms with E-state index in [1.165, 1.54) is 12.4 Å². The lowest BCUT2D eigenvalue weighted by molar-refractivity contribution is 0.352. The minimum atomic E-state index is 0.261. The average Bonchev–Trinajstić information content (AvgIpc) is 2.52. The van der Waals surface area contributed by atoms with Crippen molar-refractivity contribution < 1.29 is 9.47 Å². The first-order valence-corrected chi connectivity index (χ1v) is 6.84. The highest BCUT2D eigenvalue weighted by Crippen LogP contribution is 2.36. The third-order valence-corrected chi connectivity index (χ3v) is 3.35. The lowest BCUT2D eigenvalue weighted by Gasteiger charge is -2.12.